The van der Waals surface area contributed by atoms with Gasteiger partial charge in [-0.2, -0.15) is 0 Å². The molecule has 178 valence electrons. The topological polar surface area (TPSA) is 60.0 Å². The van der Waals surface area contributed by atoms with Gasteiger partial charge in [-0.3, -0.25) is 4.90 Å². The third-order valence-corrected chi connectivity index (χ3v) is 8.15. The minimum absolute atomic E-state index is 0.111. The number of rotatable bonds is 4. The molecule has 0 aromatic heterocycles. The maximum atomic E-state index is 13.3. The highest BCUT2D eigenvalue weighted by Gasteiger charge is 2.61. The number of ether oxygens (including phenoxy) is 3. The minimum atomic E-state index is -0.656. The predicted octanol–water partition coefficient (Wildman–Crippen LogP) is 4.22. The van der Waals surface area contributed by atoms with Gasteiger partial charge in [-0.25, -0.2) is 4.79 Å². The standard InChI is InChI=1S/C28H32N2O4/c1-27(2)33-17-22(34-27)19-15-23-28(13-14-30(23)16-18-9-5-4-6-10-18)20-11-7-8-12-21(20)29-25(28)24(19)26(31)32-3/h4-12,19,22-23,29H,13-17H2,1-3H3/t19?,22-,23?,28+/m0/s1. The van der Waals surface area contributed by atoms with Crippen LogP contribution in [0.15, 0.2) is 65.9 Å². The van der Waals surface area contributed by atoms with Crippen molar-refractivity contribution in [2.45, 2.75) is 56.6 Å². The molecule has 1 aliphatic carbocycles. The Balaban J connectivity index is 1.49. The molecule has 6 heteroatoms. The molecule has 0 radical (unpaired) electrons. The summed E-state index contributed by atoms with van der Waals surface area (Å²) in [4.78, 5) is 15.9. The lowest BCUT2D eigenvalue weighted by Crippen LogP contribution is -2.51. The van der Waals surface area contributed by atoms with E-state index in [0.29, 0.717) is 6.61 Å². The van der Waals surface area contributed by atoms with E-state index in [-0.39, 0.29) is 29.4 Å². The highest BCUT2D eigenvalue weighted by molar-refractivity contribution is 5.93. The molecule has 0 saturated carbocycles. The highest BCUT2D eigenvalue weighted by Crippen LogP contribution is 2.59. The molecule has 4 aliphatic rings. The second kappa shape index (κ2) is 7.94. The number of esters is 1. The molecule has 2 saturated heterocycles. The van der Waals surface area contributed by atoms with Crippen LogP contribution in [0.5, 0.6) is 0 Å². The van der Waals surface area contributed by atoms with E-state index in [1.165, 1.54) is 18.2 Å². The van der Waals surface area contributed by atoms with Crippen molar-refractivity contribution in [1.29, 1.82) is 0 Å². The Morgan fingerprint density at radius 3 is 2.65 bits per heavy atom. The number of carbonyl (C=O) groups excluding carboxylic acids is 1. The second-order valence-corrected chi connectivity index (χ2v) is 10.4. The first kappa shape index (κ1) is 21.8. The zero-order valence-electron chi connectivity index (χ0n) is 20.0. The zero-order valence-corrected chi connectivity index (χ0v) is 20.0. The van der Waals surface area contributed by atoms with Crippen molar-refractivity contribution in [2.75, 3.05) is 25.6 Å². The molecule has 6 rings (SSSR count). The van der Waals surface area contributed by atoms with E-state index in [9.17, 15) is 4.79 Å². The van der Waals surface area contributed by atoms with Crippen molar-refractivity contribution in [1.82, 2.24) is 4.90 Å². The summed E-state index contributed by atoms with van der Waals surface area (Å²) in [5, 5.41) is 3.68. The van der Waals surface area contributed by atoms with E-state index >= 15 is 0 Å². The Labute approximate surface area is 200 Å². The van der Waals surface area contributed by atoms with Crippen molar-refractivity contribution >= 4 is 11.7 Å². The summed E-state index contributed by atoms with van der Waals surface area (Å²) in [6, 6.07) is 19.4. The average molecular weight is 461 g/mol. The number of carbonyl (C=O) groups is 1. The van der Waals surface area contributed by atoms with E-state index in [1.54, 1.807) is 0 Å². The summed E-state index contributed by atoms with van der Waals surface area (Å²) in [7, 11) is 1.47. The zero-order chi connectivity index (χ0) is 23.5. The van der Waals surface area contributed by atoms with Crippen molar-refractivity contribution in [2.24, 2.45) is 5.92 Å². The first-order valence-electron chi connectivity index (χ1n) is 12.2. The summed E-state index contributed by atoms with van der Waals surface area (Å²) in [6.45, 7) is 6.19. The number of para-hydroxylation sites is 1. The van der Waals surface area contributed by atoms with Gasteiger partial charge in [-0.15, -0.1) is 0 Å². The van der Waals surface area contributed by atoms with Crippen LogP contribution in [0.3, 0.4) is 0 Å². The molecule has 0 bridgehead atoms. The molecule has 1 spiro atoms. The molecule has 4 atom stereocenters. The van der Waals surface area contributed by atoms with E-state index in [0.717, 1.165) is 42.9 Å². The van der Waals surface area contributed by atoms with Crippen LogP contribution in [0.25, 0.3) is 0 Å². The SMILES string of the molecule is COC(=O)C1=C2Nc3ccccc3[C@@]23CCN(Cc2ccccc2)C3CC1[C@@H]1COC(C)(C)O1. The average Bonchev–Trinajstić information content (AvgIpc) is 3.50. The highest BCUT2D eigenvalue weighted by atomic mass is 16.7. The largest absolute Gasteiger partial charge is 0.466 e. The summed E-state index contributed by atoms with van der Waals surface area (Å²) < 4.78 is 17.6. The Bertz CT molecular complexity index is 1140. The van der Waals surface area contributed by atoms with Crippen LogP contribution < -0.4 is 5.32 Å². The number of methoxy groups -OCH3 is 1. The quantitative estimate of drug-likeness (QED) is 0.690. The Hall–Kier alpha value is -2.67. The van der Waals surface area contributed by atoms with Gasteiger partial charge in [0.15, 0.2) is 5.79 Å². The molecular weight excluding hydrogens is 428 g/mol. The maximum absolute atomic E-state index is 13.3. The predicted molar refractivity (Wildman–Crippen MR) is 129 cm³/mol. The van der Waals surface area contributed by atoms with E-state index in [1.807, 2.05) is 13.8 Å². The lowest BCUT2D eigenvalue weighted by atomic mass is 9.63. The third kappa shape index (κ3) is 3.23. The van der Waals surface area contributed by atoms with Crippen LogP contribution in [-0.2, 0) is 31.0 Å². The van der Waals surface area contributed by atoms with Crippen molar-refractivity contribution in [3.05, 3.63) is 77.0 Å². The summed E-state index contributed by atoms with van der Waals surface area (Å²) >= 11 is 0. The number of hydrogen-bond acceptors (Lipinski definition) is 6. The number of benzene rings is 2. The third-order valence-electron chi connectivity index (χ3n) is 8.15. The molecule has 34 heavy (non-hydrogen) atoms. The Kier molecular flexibility index (Phi) is 5.10. The maximum Gasteiger partial charge on any atom is 0.335 e. The summed E-state index contributed by atoms with van der Waals surface area (Å²) in [5.41, 5.74) is 5.17. The fourth-order valence-electron chi connectivity index (χ4n) is 6.75. The monoisotopic (exact) mass is 460 g/mol. The van der Waals surface area contributed by atoms with Gasteiger partial charge in [-0.05, 0) is 43.9 Å². The van der Waals surface area contributed by atoms with Gasteiger partial charge in [0, 0.05) is 36.4 Å². The Morgan fingerprint density at radius 1 is 1.15 bits per heavy atom. The van der Waals surface area contributed by atoms with Crippen LogP contribution in [0.1, 0.15) is 37.8 Å². The molecule has 3 aliphatic heterocycles. The molecule has 3 heterocycles. The summed E-state index contributed by atoms with van der Waals surface area (Å²) in [6.07, 6.45) is 1.59. The molecule has 2 aromatic rings. The van der Waals surface area contributed by atoms with Crippen LogP contribution in [0.2, 0.25) is 0 Å². The van der Waals surface area contributed by atoms with E-state index in [2.05, 4.69) is 64.8 Å². The van der Waals surface area contributed by atoms with Gasteiger partial charge < -0.3 is 19.5 Å². The first-order chi connectivity index (χ1) is 16.4. The first-order valence-corrected chi connectivity index (χ1v) is 12.2. The van der Waals surface area contributed by atoms with Crippen LogP contribution >= 0.6 is 0 Å². The van der Waals surface area contributed by atoms with Crippen LogP contribution in [0, 0.1) is 5.92 Å². The number of anilines is 1. The van der Waals surface area contributed by atoms with Gasteiger partial charge in [0.05, 0.1) is 30.8 Å². The van der Waals surface area contributed by atoms with Crippen molar-refractivity contribution < 1.29 is 19.0 Å². The summed E-state index contributed by atoms with van der Waals surface area (Å²) in [5.74, 6) is -1.04. The minimum Gasteiger partial charge on any atom is -0.466 e. The van der Waals surface area contributed by atoms with E-state index in [4.69, 9.17) is 14.2 Å². The van der Waals surface area contributed by atoms with Crippen molar-refractivity contribution in [3.63, 3.8) is 0 Å². The van der Waals surface area contributed by atoms with Gasteiger partial charge in [0.25, 0.3) is 0 Å². The van der Waals surface area contributed by atoms with Gasteiger partial charge in [0.1, 0.15) is 0 Å². The Morgan fingerprint density at radius 2 is 1.91 bits per heavy atom. The molecule has 2 fully saturated rings. The van der Waals surface area contributed by atoms with Gasteiger partial charge >= 0.3 is 5.97 Å². The van der Waals surface area contributed by atoms with Gasteiger partial charge in [-0.1, -0.05) is 48.5 Å². The smallest absolute Gasteiger partial charge is 0.335 e. The number of fused-ring (bicyclic) bond motifs is 1. The molecule has 2 aromatic carbocycles. The lowest BCUT2D eigenvalue weighted by molar-refractivity contribution is -0.148. The van der Waals surface area contributed by atoms with E-state index < -0.39 is 5.79 Å². The normalized spacial score (nSPS) is 31.6. The second-order valence-electron chi connectivity index (χ2n) is 10.4. The number of hydrogen-bond donors (Lipinski definition) is 1. The number of nitrogens with one attached hydrogen (secondary N) is 1. The lowest BCUT2D eigenvalue weighted by Gasteiger charge is -2.45. The van der Waals surface area contributed by atoms with Crippen molar-refractivity contribution in [3.8, 4) is 0 Å². The fraction of sp³-hybridized carbons (Fsp3) is 0.464. The fourth-order valence-corrected chi connectivity index (χ4v) is 6.75. The molecule has 1 N–H and O–H groups in total. The molecule has 2 unspecified atom stereocenters. The van der Waals surface area contributed by atoms with Crippen LogP contribution in [-0.4, -0.2) is 49.1 Å². The van der Waals surface area contributed by atoms with Crippen LogP contribution in [0.4, 0.5) is 5.69 Å². The number of likely N-dealkylation sites (tertiary alicyclic amines) is 1. The molecule has 0 amide bonds. The molecule has 6 nitrogen and oxygen atoms in total. The van der Waals surface area contributed by atoms with Gasteiger partial charge in [0.2, 0.25) is 0 Å². The molecular formula is C28H32N2O4. The number of nitrogens with zero attached hydrogens (tertiary/aromatic N) is 1.